The van der Waals surface area contributed by atoms with Crippen LogP contribution in [-0.2, 0) is 20.3 Å². The molecule has 2 aromatic rings. The molecule has 3 nitrogen and oxygen atoms in total. The van der Waals surface area contributed by atoms with E-state index in [0.29, 0.717) is 0 Å². The number of hydrogen-bond donors (Lipinski definition) is 1. The first-order valence-electron chi connectivity index (χ1n) is 6.33. The summed E-state index contributed by atoms with van der Waals surface area (Å²) in [6, 6.07) is 19.1. The van der Waals surface area contributed by atoms with Crippen molar-refractivity contribution in [2.45, 2.75) is 11.7 Å². The van der Waals surface area contributed by atoms with Crippen LogP contribution in [0.2, 0.25) is 0 Å². The second-order valence-electron chi connectivity index (χ2n) is 4.72. The van der Waals surface area contributed by atoms with Gasteiger partial charge in [-0.15, -0.1) is 0 Å². The quantitative estimate of drug-likeness (QED) is 0.916. The number of primary amides is 1. The van der Waals surface area contributed by atoms with Gasteiger partial charge in [0.15, 0.2) is 0 Å². The third-order valence-corrected chi connectivity index (χ3v) is 5.31. The van der Waals surface area contributed by atoms with Crippen LogP contribution in [0.15, 0.2) is 60.7 Å². The van der Waals surface area contributed by atoms with Crippen molar-refractivity contribution < 1.29 is 9.00 Å². The molecule has 2 aromatic carbocycles. The molecule has 2 N–H and O–H groups in total. The molecule has 0 radical (unpaired) electrons. The molecular formula is C16H17NO2S. The van der Waals surface area contributed by atoms with Gasteiger partial charge in [-0.05, 0) is 18.1 Å². The molecule has 104 valence electrons. The van der Waals surface area contributed by atoms with Crippen LogP contribution in [0.3, 0.4) is 0 Å². The summed E-state index contributed by atoms with van der Waals surface area (Å²) in [6.45, 7) is 1.89. The Balaban J connectivity index is 2.55. The maximum Gasteiger partial charge on any atom is 0.230 e. The van der Waals surface area contributed by atoms with E-state index in [1.54, 1.807) is 0 Å². The second-order valence-corrected chi connectivity index (χ2v) is 6.52. The number of hydrogen-bond acceptors (Lipinski definition) is 2. The molecule has 0 aliphatic rings. The molecule has 1 unspecified atom stereocenters. The number of benzene rings is 2. The first-order chi connectivity index (χ1) is 9.55. The lowest BCUT2D eigenvalue weighted by molar-refractivity contribution is -0.115. The Morgan fingerprint density at radius 3 is 1.75 bits per heavy atom. The highest BCUT2D eigenvalue weighted by molar-refractivity contribution is 7.87. The van der Waals surface area contributed by atoms with Crippen molar-refractivity contribution >= 4 is 16.7 Å². The monoisotopic (exact) mass is 287 g/mol. The molecule has 0 saturated carbocycles. The van der Waals surface area contributed by atoms with Gasteiger partial charge < -0.3 is 5.73 Å². The summed E-state index contributed by atoms with van der Waals surface area (Å²) in [5.41, 5.74) is 7.03. The summed E-state index contributed by atoms with van der Waals surface area (Å²) in [4.78, 5) is 11.1. The summed E-state index contributed by atoms with van der Waals surface area (Å²) in [7, 11) is -1.43. The van der Waals surface area contributed by atoms with E-state index >= 15 is 0 Å². The molecule has 2 rings (SSSR count). The zero-order valence-electron chi connectivity index (χ0n) is 11.3. The van der Waals surface area contributed by atoms with Crippen LogP contribution in [0.4, 0.5) is 0 Å². The maximum atomic E-state index is 12.7. The third-order valence-electron chi connectivity index (χ3n) is 3.38. The fourth-order valence-electron chi connectivity index (χ4n) is 2.22. The molecule has 0 bridgehead atoms. The van der Waals surface area contributed by atoms with E-state index in [1.165, 1.54) is 0 Å². The largest absolute Gasteiger partial charge is 0.369 e. The summed E-state index contributed by atoms with van der Waals surface area (Å²) in [5, 5.41) is 0. The Morgan fingerprint density at radius 1 is 1.00 bits per heavy atom. The van der Waals surface area contributed by atoms with E-state index in [1.807, 2.05) is 67.6 Å². The van der Waals surface area contributed by atoms with Gasteiger partial charge in [-0.3, -0.25) is 9.00 Å². The predicted molar refractivity (Wildman–Crippen MR) is 81.5 cm³/mol. The average molecular weight is 287 g/mol. The smallest absolute Gasteiger partial charge is 0.230 e. The van der Waals surface area contributed by atoms with Crippen LogP contribution >= 0.6 is 0 Å². The zero-order valence-corrected chi connectivity index (χ0v) is 12.1. The molecule has 0 spiro atoms. The summed E-state index contributed by atoms with van der Waals surface area (Å²) < 4.78 is 11.9. The van der Waals surface area contributed by atoms with Crippen LogP contribution in [0.1, 0.15) is 18.1 Å². The lowest BCUT2D eigenvalue weighted by Gasteiger charge is -2.29. The first kappa shape index (κ1) is 14.5. The molecule has 0 aromatic heterocycles. The molecule has 1 atom stereocenters. The minimum Gasteiger partial charge on any atom is -0.369 e. The fraction of sp³-hybridized carbons (Fsp3) is 0.188. The lowest BCUT2D eigenvalue weighted by Crippen LogP contribution is -2.35. The number of carbonyl (C=O) groups is 1. The Hall–Kier alpha value is -1.94. The van der Waals surface area contributed by atoms with Crippen LogP contribution in [-0.4, -0.2) is 15.9 Å². The molecular weight excluding hydrogens is 270 g/mol. The summed E-state index contributed by atoms with van der Waals surface area (Å²) in [5.74, 6) is -0.707. The molecule has 0 saturated heterocycles. The minimum atomic E-state index is -1.43. The SMILES string of the molecule is CC(c1ccccc1)(c1ccccc1)S(=O)CC(N)=O. The van der Waals surface area contributed by atoms with Gasteiger partial charge in [0, 0.05) is 10.8 Å². The van der Waals surface area contributed by atoms with Crippen molar-refractivity contribution in [1.29, 1.82) is 0 Å². The third kappa shape index (κ3) is 2.80. The van der Waals surface area contributed by atoms with Crippen LogP contribution in [0.5, 0.6) is 0 Å². The van der Waals surface area contributed by atoms with Gasteiger partial charge in [-0.25, -0.2) is 0 Å². The van der Waals surface area contributed by atoms with Crippen molar-refractivity contribution in [1.82, 2.24) is 0 Å². The van der Waals surface area contributed by atoms with Gasteiger partial charge in [0.05, 0.1) is 4.75 Å². The standard InChI is InChI=1S/C16H17NO2S/c1-16(20(19)12-15(17)18,13-8-4-2-5-9-13)14-10-6-3-7-11-14/h2-11H,12H2,1H3,(H2,17,18). The van der Waals surface area contributed by atoms with E-state index in [9.17, 15) is 9.00 Å². The predicted octanol–water partition coefficient (Wildman–Crippen LogP) is 2.18. The lowest BCUT2D eigenvalue weighted by atomic mass is 9.92. The van der Waals surface area contributed by atoms with Crippen molar-refractivity contribution in [3.05, 3.63) is 71.8 Å². The number of rotatable bonds is 5. The summed E-state index contributed by atoms with van der Waals surface area (Å²) in [6.07, 6.45) is 0. The van der Waals surface area contributed by atoms with Crippen molar-refractivity contribution in [2.75, 3.05) is 5.75 Å². The van der Waals surface area contributed by atoms with Gasteiger partial charge in [-0.2, -0.15) is 0 Å². The van der Waals surface area contributed by atoms with E-state index in [2.05, 4.69) is 0 Å². The Morgan fingerprint density at radius 2 is 1.40 bits per heavy atom. The fourth-order valence-corrected chi connectivity index (χ4v) is 3.56. The minimum absolute atomic E-state index is 0.152. The molecule has 20 heavy (non-hydrogen) atoms. The van der Waals surface area contributed by atoms with E-state index in [0.717, 1.165) is 11.1 Å². The number of amides is 1. The zero-order chi connectivity index (χ0) is 14.6. The maximum absolute atomic E-state index is 12.7. The molecule has 0 aliphatic heterocycles. The Kier molecular flexibility index (Phi) is 4.35. The molecule has 1 amide bonds. The highest BCUT2D eigenvalue weighted by Gasteiger charge is 2.36. The Bertz CT molecular complexity index is 571. The van der Waals surface area contributed by atoms with Gasteiger partial charge in [0.1, 0.15) is 5.75 Å². The molecule has 0 heterocycles. The van der Waals surface area contributed by atoms with Crippen LogP contribution < -0.4 is 5.73 Å². The van der Waals surface area contributed by atoms with Gasteiger partial charge in [0.25, 0.3) is 0 Å². The van der Waals surface area contributed by atoms with E-state index < -0.39 is 21.5 Å². The van der Waals surface area contributed by atoms with Crippen molar-refractivity contribution in [3.63, 3.8) is 0 Å². The second kappa shape index (κ2) is 6.01. The Labute approximate surface area is 121 Å². The van der Waals surface area contributed by atoms with E-state index in [-0.39, 0.29) is 5.75 Å². The van der Waals surface area contributed by atoms with Gasteiger partial charge >= 0.3 is 0 Å². The molecule has 0 fully saturated rings. The van der Waals surface area contributed by atoms with Crippen molar-refractivity contribution in [2.24, 2.45) is 5.73 Å². The van der Waals surface area contributed by atoms with Crippen LogP contribution in [0.25, 0.3) is 0 Å². The summed E-state index contributed by atoms with van der Waals surface area (Å²) >= 11 is 0. The molecule has 4 heteroatoms. The first-order valence-corrected chi connectivity index (χ1v) is 7.65. The highest BCUT2D eigenvalue weighted by Crippen LogP contribution is 2.35. The highest BCUT2D eigenvalue weighted by atomic mass is 32.2. The van der Waals surface area contributed by atoms with Gasteiger partial charge in [-0.1, -0.05) is 60.7 Å². The van der Waals surface area contributed by atoms with E-state index in [4.69, 9.17) is 5.73 Å². The topological polar surface area (TPSA) is 60.2 Å². The van der Waals surface area contributed by atoms with Crippen LogP contribution in [0, 0.1) is 0 Å². The van der Waals surface area contributed by atoms with Gasteiger partial charge in [0.2, 0.25) is 5.91 Å². The van der Waals surface area contributed by atoms with Crippen molar-refractivity contribution in [3.8, 4) is 0 Å². The normalized spacial score (nSPS) is 12.8. The number of carbonyl (C=O) groups excluding carboxylic acids is 1. The average Bonchev–Trinajstić information content (AvgIpc) is 2.47. The molecule has 0 aliphatic carbocycles. The number of nitrogens with two attached hydrogens (primary N) is 1.